The zero-order chi connectivity index (χ0) is 12.8. The predicted octanol–water partition coefficient (Wildman–Crippen LogP) is 2.03. The zero-order valence-corrected chi connectivity index (χ0v) is 11.1. The Hall–Kier alpha value is -1.62. The molecule has 0 aliphatic carbocycles. The van der Waals surface area contributed by atoms with Gasteiger partial charge in [-0.15, -0.1) is 0 Å². The van der Waals surface area contributed by atoms with E-state index in [-0.39, 0.29) is 5.91 Å². The van der Waals surface area contributed by atoms with Crippen molar-refractivity contribution in [1.82, 2.24) is 10.9 Å². The van der Waals surface area contributed by atoms with Crippen LogP contribution in [0.15, 0.2) is 18.2 Å². The van der Waals surface area contributed by atoms with Gasteiger partial charge in [0, 0.05) is 12.1 Å². The SMILES string of the molecule is CCC(=O)NNC(=S)Nc1cc(C)cc(C)c1. The molecule has 92 valence electrons. The predicted molar refractivity (Wildman–Crippen MR) is 73.7 cm³/mol. The van der Waals surface area contributed by atoms with E-state index in [9.17, 15) is 4.79 Å². The van der Waals surface area contributed by atoms with E-state index < -0.39 is 0 Å². The van der Waals surface area contributed by atoms with Crippen LogP contribution in [-0.2, 0) is 4.79 Å². The van der Waals surface area contributed by atoms with Gasteiger partial charge in [0.05, 0.1) is 0 Å². The molecule has 0 radical (unpaired) electrons. The summed E-state index contributed by atoms with van der Waals surface area (Å²) in [6.07, 6.45) is 0.416. The minimum atomic E-state index is -0.102. The molecular weight excluding hydrogens is 234 g/mol. The topological polar surface area (TPSA) is 53.2 Å². The van der Waals surface area contributed by atoms with Crippen molar-refractivity contribution >= 4 is 28.9 Å². The Labute approximate surface area is 107 Å². The Morgan fingerprint density at radius 2 is 1.76 bits per heavy atom. The molecule has 0 atom stereocenters. The molecule has 4 nitrogen and oxygen atoms in total. The van der Waals surface area contributed by atoms with Crippen molar-refractivity contribution in [2.45, 2.75) is 27.2 Å². The van der Waals surface area contributed by atoms with Crippen LogP contribution in [0.25, 0.3) is 0 Å². The van der Waals surface area contributed by atoms with Gasteiger partial charge in [0.25, 0.3) is 0 Å². The summed E-state index contributed by atoms with van der Waals surface area (Å²) in [5.41, 5.74) is 8.36. The lowest BCUT2D eigenvalue weighted by Crippen LogP contribution is -2.43. The summed E-state index contributed by atoms with van der Waals surface area (Å²) in [6.45, 7) is 5.82. The van der Waals surface area contributed by atoms with E-state index in [2.05, 4.69) is 22.2 Å². The monoisotopic (exact) mass is 251 g/mol. The fraction of sp³-hybridized carbons (Fsp3) is 0.333. The zero-order valence-electron chi connectivity index (χ0n) is 10.3. The van der Waals surface area contributed by atoms with Crippen molar-refractivity contribution in [3.05, 3.63) is 29.3 Å². The molecule has 0 unspecified atom stereocenters. The molecule has 0 aliphatic heterocycles. The lowest BCUT2D eigenvalue weighted by Gasteiger charge is -2.12. The standard InChI is InChI=1S/C12H17N3OS/c1-4-11(16)14-15-12(17)13-10-6-8(2)5-9(3)7-10/h5-7H,4H2,1-3H3,(H,14,16)(H2,13,15,17). The second-order valence-electron chi connectivity index (χ2n) is 3.86. The fourth-order valence-corrected chi connectivity index (χ4v) is 1.59. The molecule has 0 saturated carbocycles. The van der Waals surface area contributed by atoms with Crippen LogP contribution in [0.2, 0.25) is 0 Å². The van der Waals surface area contributed by atoms with Gasteiger partial charge >= 0.3 is 0 Å². The van der Waals surface area contributed by atoms with Gasteiger partial charge in [0.2, 0.25) is 5.91 Å². The molecule has 0 fully saturated rings. The van der Waals surface area contributed by atoms with Crippen LogP contribution in [0.4, 0.5) is 5.69 Å². The highest BCUT2D eigenvalue weighted by molar-refractivity contribution is 7.80. The van der Waals surface area contributed by atoms with Crippen LogP contribution < -0.4 is 16.2 Å². The lowest BCUT2D eigenvalue weighted by molar-refractivity contribution is -0.121. The average molecular weight is 251 g/mol. The first-order valence-electron chi connectivity index (χ1n) is 5.45. The van der Waals surface area contributed by atoms with Crippen molar-refractivity contribution < 1.29 is 4.79 Å². The molecule has 1 rings (SSSR count). The fourth-order valence-electron chi connectivity index (χ4n) is 1.42. The third-order valence-corrected chi connectivity index (χ3v) is 2.32. The summed E-state index contributed by atoms with van der Waals surface area (Å²) >= 11 is 5.05. The van der Waals surface area contributed by atoms with E-state index in [1.165, 1.54) is 0 Å². The number of anilines is 1. The number of hydrogen-bond acceptors (Lipinski definition) is 2. The van der Waals surface area contributed by atoms with Crippen LogP contribution in [0.1, 0.15) is 24.5 Å². The summed E-state index contributed by atoms with van der Waals surface area (Å²) in [6, 6.07) is 6.06. The van der Waals surface area contributed by atoms with Crippen molar-refractivity contribution in [1.29, 1.82) is 0 Å². The van der Waals surface area contributed by atoms with Gasteiger partial charge in [0.1, 0.15) is 0 Å². The van der Waals surface area contributed by atoms with Crippen molar-refractivity contribution in [3.8, 4) is 0 Å². The van der Waals surface area contributed by atoms with E-state index in [0.717, 1.165) is 16.8 Å². The molecule has 0 heterocycles. The third-order valence-electron chi connectivity index (χ3n) is 2.12. The first-order valence-corrected chi connectivity index (χ1v) is 5.86. The number of hydrogen-bond donors (Lipinski definition) is 3. The molecule has 0 aromatic heterocycles. The van der Waals surface area contributed by atoms with Crippen LogP contribution in [0.3, 0.4) is 0 Å². The third kappa shape index (κ3) is 4.82. The van der Waals surface area contributed by atoms with E-state index >= 15 is 0 Å². The van der Waals surface area contributed by atoms with E-state index in [1.807, 2.05) is 26.0 Å². The summed E-state index contributed by atoms with van der Waals surface area (Å²) in [4.78, 5) is 11.0. The summed E-state index contributed by atoms with van der Waals surface area (Å²) in [7, 11) is 0. The second-order valence-corrected chi connectivity index (χ2v) is 4.27. The molecule has 0 saturated heterocycles. The first kappa shape index (κ1) is 13.4. The average Bonchev–Trinajstić information content (AvgIpc) is 2.24. The van der Waals surface area contributed by atoms with Gasteiger partial charge in [-0.25, -0.2) is 0 Å². The normalized spacial score (nSPS) is 9.59. The van der Waals surface area contributed by atoms with Crippen LogP contribution in [0, 0.1) is 13.8 Å². The van der Waals surface area contributed by atoms with Crippen molar-refractivity contribution in [2.24, 2.45) is 0 Å². The number of carbonyl (C=O) groups is 1. The molecule has 3 N–H and O–H groups in total. The van der Waals surface area contributed by atoms with Gasteiger partial charge in [-0.3, -0.25) is 15.6 Å². The highest BCUT2D eigenvalue weighted by Crippen LogP contribution is 2.13. The smallest absolute Gasteiger partial charge is 0.238 e. The quantitative estimate of drug-likeness (QED) is 0.556. The maximum absolute atomic E-state index is 11.0. The Morgan fingerprint density at radius 3 is 2.29 bits per heavy atom. The second kappa shape index (κ2) is 6.20. The Bertz CT molecular complexity index is 412. The maximum atomic E-state index is 11.0. The Balaban J connectivity index is 2.53. The van der Waals surface area contributed by atoms with Gasteiger partial charge < -0.3 is 5.32 Å². The first-order chi connectivity index (χ1) is 8.01. The molecule has 5 heteroatoms. The van der Waals surface area contributed by atoms with Gasteiger partial charge in [-0.1, -0.05) is 13.0 Å². The Morgan fingerprint density at radius 1 is 1.18 bits per heavy atom. The van der Waals surface area contributed by atoms with Gasteiger partial charge in [-0.2, -0.15) is 0 Å². The molecule has 0 aliphatic rings. The largest absolute Gasteiger partial charge is 0.331 e. The minimum absolute atomic E-state index is 0.102. The van der Waals surface area contributed by atoms with Gasteiger partial charge in [-0.05, 0) is 49.3 Å². The molecule has 0 bridgehead atoms. The van der Waals surface area contributed by atoms with Crippen molar-refractivity contribution in [3.63, 3.8) is 0 Å². The highest BCUT2D eigenvalue weighted by Gasteiger charge is 2.00. The number of thiocarbonyl (C=S) groups is 1. The number of rotatable bonds is 2. The molecule has 1 aromatic rings. The van der Waals surface area contributed by atoms with E-state index in [1.54, 1.807) is 6.92 Å². The van der Waals surface area contributed by atoms with E-state index in [0.29, 0.717) is 11.5 Å². The van der Waals surface area contributed by atoms with Crippen LogP contribution in [0.5, 0.6) is 0 Å². The number of aryl methyl sites for hydroxylation is 2. The van der Waals surface area contributed by atoms with Crippen molar-refractivity contribution in [2.75, 3.05) is 5.32 Å². The Kier molecular flexibility index (Phi) is 4.90. The lowest BCUT2D eigenvalue weighted by atomic mass is 10.1. The maximum Gasteiger partial charge on any atom is 0.238 e. The number of nitrogens with one attached hydrogen (secondary N) is 3. The molecule has 1 amide bonds. The number of hydrazine groups is 1. The summed E-state index contributed by atoms with van der Waals surface area (Å²) in [5.74, 6) is -0.102. The van der Waals surface area contributed by atoms with E-state index in [4.69, 9.17) is 12.2 Å². The van der Waals surface area contributed by atoms with Gasteiger partial charge in [0.15, 0.2) is 5.11 Å². The van der Waals surface area contributed by atoms with Crippen LogP contribution in [-0.4, -0.2) is 11.0 Å². The summed E-state index contributed by atoms with van der Waals surface area (Å²) < 4.78 is 0. The number of benzene rings is 1. The highest BCUT2D eigenvalue weighted by atomic mass is 32.1. The number of amides is 1. The minimum Gasteiger partial charge on any atom is -0.331 e. The summed E-state index contributed by atoms with van der Waals surface area (Å²) in [5, 5.41) is 3.38. The van der Waals surface area contributed by atoms with Crippen LogP contribution >= 0.6 is 12.2 Å². The number of carbonyl (C=O) groups excluding carboxylic acids is 1. The molecular formula is C12H17N3OS. The molecule has 0 spiro atoms. The molecule has 17 heavy (non-hydrogen) atoms. The molecule has 1 aromatic carbocycles.